The molecule has 20 heavy (non-hydrogen) atoms. The Morgan fingerprint density at radius 2 is 2.30 bits per heavy atom. The molecule has 1 heterocycles. The molecule has 0 N–H and O–H groups in total. The van der Waals surface area contributed by atoms with Gasteiger partial charge in [-0.3, -0.25) is 14.9 Å². The molecule has 7 heteroatoms. The number of carbonyl (C=O) groups excluding carboxylic acids is 1. The molecule has 104 valence electrons. The fourth-order valence-electron chi connectivity index (χ4n) is 1.83. The van der Waals surface area contributed by atoms with Crippen LogP contribution in [0.1, 0.15) is 12.5 Å². The third-order valence-electron chi connectivity index (χ3n) is 2.70. The summed E-state index contributed by atoms with van der Waals surface area (Å²) in [4.78, 5) is 25.9. The summed E-state index contributed by atoms with van der Waals surface area (Å²) >= 11 is 0. The zero-order chi connectivity index (χ0) is 14.5. The van der Waals surface area contributed by atoms with Gasteiger partial charge in [-0.15, -0.1) is 0 Å². The predicted molar refractivity (Wildman–Crippen MR) is 70.6 cm³/mol. The van der Waals surface area contributed by atoms with Gasteiger partial charge in [-0.05, 0) is 19.1 Å². The Morgan fingerprint density at radius 1 is 1.50 bits per heavy atom. The third kappa shape index (κ3) is 3.00. The Bertz CT molecular complexity index is 623. The quantitative estimate of drug-likeness (QED) is 0.472. The molecule has 2 rings (SSSR count). The number of aromatic nitrogens is 2. The van der Waals surface area contributed by atoms with Crippen LogP contribution in [0.3, 0.4) is 0 Å². The molecular formula is C13H13N3O4. The number of rotatable bonds is 5. The number of hydrogen-bond acceptors (Lipinski definition) is 5. The van der Waals surface area contributed by atoms with Gasteiger partial charge in [-0.1, -0.05) is 0 Å². The summed E-state index contributed by atoms with van der Waals surface area (Å²) in [5, 5.41) is 11.0. The van der Waals surface area contributed by atoms with Crippen LogP contribution in [0.2, 0.25) is 0 Å². The van der Waals surface area contributed by atoms with E-state index in [1.165, 1.54) is 6.07 Å². The minimum absolute atomic E-state index is 0.0954. The van der Waals surface area contributed by atoms with Crippen molar-refractivity contribution in [2.75, 3.05) is 6.61 Å². The number of nitrogens with zero attached hydrogens (tertiary/aromatic N) is 3. The normalized spacial score (nSPS) is 10.2. The van der Waals surface area contributed by atoms with Crippen LogP contribution in [0.5, 0.6) is 0 Å². The Morgan fingerprint density at radius 3 is 2.90 bits per heavy atom. The summed E-state index contributed by atoms with van der Waals surface area (Å²) in [7, 11) is 0. The van der Waals surface area contributed by atoms with Gasteiger partial charge in [0.2, 0.25) is 0 Å². The number of hydrogen-bond donors (Lipinski definition) is 0. The van der Waals surface area contributed by atoms with Crippen LogP contribution in [0.25, 0.3) is 5.69 Å². The minimum Gasteiger partial charge on any atom is -0.466 e. The number of esters is 1. The van der Waals surface area contributed by atoms with E-state index >= 15 is 0 Å². The van der Waals surface area contributed by atoms with E-state index in [-0.39, 0.29) is 18.7 Å². The molecule has 0 fully saturated rings. The number of ether oxygens (including phenoxy) is 1. The number of nitro benzene ring substituents is 1. The van der Waals surface area contributed by atoms with E-state index in [4.69, 9.17) is 4.74 Å². The average Bonchev–Trinajstić information content (AvgIpc) is 2.92. The van der Waals surface area contributed by atoms with Crippen LogP contribution in [0.4, 0.5) is 5.69 Å². The van der Waals surface area contributed by atoms with E-state index in [1.807, 2.05) is 0 Å². The maximum absolute atomic E-state index is 11.5. The van der Waals surface area contributed by atoms with Crippen molar-refractivity contribution in [3.63, 3.8) is 0 Å². The Labute approximate surface area is 115 Å². The molecule has 0 atom stereocenters. The lowest BCUT2D eigenvalue weighted by Crippen LogP contribution is -2.09. The van der Waals surface area contributed by atoms with Crippen LogP contribution < -0.4 is 0 Å². The van der Waals surface area contributed by atoms with Crippen molar-refractivity contribution in [3.8, 4) is 5.69 Å². The largest absolute Gasteiger partial charge is 0.466 e. The molecule has 0 aliphatic heterocycles. The molecule has 1 aromatic heterocycles. The van der Waals surface area contributed by atoms with E-state index < -0.39 is 10.9 Å². The second-order valence-electron chi connectivity index (χ2n) is 4.02. The maximum atomic E-state index is 11.5. The van der Waals surface area contributed by atoms with Gasteiger partial charge in [-0.2, -0.15) is 0 Å². The highest BCUT2D eigenvalue weighted by Gasteiger charge is 2.18. The summed E-state index contributed by atoms with van der Waals surface area (Å²) in [6.45, 7) is 1.93. The zero-order valence-corrected chi connectivity index (χ0v) is 10.9. The Kier molecular flexibility index (Phi) is 4.09. The highest BCUT2D eigenvalue weighted by atomic mass is 16.6. The van der Waals surface area contributed by atoms with Gasteiger partial charge >= 0.3 is 5.97 Å². The fourth-order valence-corrected chi connectivity index (χ4v) is 1.83. The SMILES string of the molecule is CCOC(=O)Cc1cc(-n2ccnc2)ccc1[N+](=O)[O-]. The summed E-state index contributed by atoms with van der Waals surface area (Å²) in [6, 6.07) is 4.58. The second kappa shape index (κ2) is 5.96. The van der Waals surface area contributed by atoms with E-state index in [1.54, 1.807) is 42.3 Å². The highest BCUT2D eigenvalue weighted by molar-refractivity contribution is 5.74. The molecule has 0 radical (unpaired) electrons. The van der Waals surface area contributed by atoms with Crippen molar-refractivity contribution >= 4 is 11.7 Å². The summed E-state index contributed by atoms with van der Waals surface area (Å²) in [6.07, 6.45) is 4.77. The van der Waals surface area contributed by atoms with E-state index in [2.05, 4.69) is 4.98 Å². The predicted octanol–water partition coefficient (Wildman–Crippen LogP) is 1.89. The average molecular weight is 275 g/mol. The van der Waals surface area contributed by atoms with E-state index in [0.717, 1.165) is 0 Å². The van der Waals surface area contributed by atoms with Crippen molar-refractivity contribution in [3.05, 3.63) is 52.6 Å². The van der Waals surface area contributed by atoms with Crippen molar-refractivity contribution in [1.82, 2.24) is 9.55 Å². The fraction of sp³-hybridized carbons (Fsp3) is 0.231. The van der Waals surface area contributed by atoms with Gasteiger partial charge in [0.1, 0.15) is 0 Å². The van der Waals surface area contributed by atoms with Gasteiger partial charge in [0.15, 0.2) is 0 Å². The number of nitro groups is 1. The lowest BCUT2D eigenvalue weighted by Gasteiger charge is -2.07. The Balaban J connectivity index is 2.37. The molecule has 2 aromatic rings. The molecule has 0 aliphatic carbocycles. The van der Waals surface area contributed by atoms with Crippen molar-refractivity contribution in [2.24, 2.45) is 0 Å². The standard InChI is InChI=1S/C13H13N3O4/c1-2-20-13(17)8-10-7-11(15-6-5-14-9-15)3-4-12(10)16(18)19/h3-7,9H,2,8H2,1H3. The molecule has 0 unspecified atom stereocenters. The topological polar surface area (TPSA) is 87.3 Å². The first kappa shape index (κ1) is 13.7. The second-order valence-corrected chi connectivity index (χ2v) is 4.02. The molecule has 1 aromatic carbocycles. The molecule has 7 nitrogen and oxygen atoms in total. The first-order valence-electron chi connectivity index (χ1n) is 6.03. The van der Waals surface area contributed by atoms with Gasteiger partial charge in [-0.25, -0.2) is 4.98 Å². The van der Waals surface area contributed by atoms with Crippen molar-refractivity contribution in [2.45, 2.75) is 13.3 Å². The molecular weight excluding hydrogens is 262 g/mol. The van der Waals surface area contributed by atoms with Gasteiger partial charge in [0.25, 0.3) is 5.69 Å². The van der Waals surface area contributed by atoms with Crippen LogP contribution in [0.15, 0.2) is 36.9 Å². The summed E-state index contributed by atoms with van der Waals surface area (Å²) in [5.74, 6) is -0.488. The van der Waals surface area contributed by atoms with Crippen LogP contribution >= 0.6 is 0 Å². The first-order valence-corrected chi connectivity index (χ1v) is 6.03. The summed E-state index contributed by atoms with van der Waals surface area (Å²) < 4.78 is 6.54. The van der Waals surface area contributed by atoms with Gasteiger partial charge < -0.3 is 9.30 Å². The molecule has 0 saturated carbocycles. The highest BCUT2D eigenvalue weighted by Crippen LogP contribution is 2.23. The summed E-state index contributed by atoms with van der Waals surface area (Å²) in [5.41, 5.74) is 0.925. The number of carbonyl (C=O) groups is 1. The molecule has 0 aliphatic rings. The van der Waals surface area contributed by atoms with Gasteiger partial charge in [0, 0.05) is 29.7 Å². The molecule has 0 spiro atoms. The van der Waals surface area contributed by atoms with Crippen LogP contribution in [0, 0.1) is 10.1 Å². The lowest BCUT2D eigenvalue weighted by molar-refractivity contribution is -0.385. The first-order chi connectivity index (χ1) is 9.61. The number of benzene rings is 1. The number of imidazole rings is 1. The monoisotopic (exact) mass is 275 g/mol. The molecule has 0 saturated heterocycles. The van der Waals surface area contributed by atoms with E-state index in [9.17, 15) is 14.9 Å². The van der Waals surface area contributed by atoms with Crippen molar-refractivity contribution < 1.29 is 14.5 Å². The molecule has 0 amide bonds. The van der Waals surface area contributed by atoms with Crippen LogP contribution in [-0.4, -0.2) is 27.1 Å². The smallest absolute Gasteiger partial charge is 0.310 e. The van der Waals surface area contributed by atoms with Crippen molar-refractivity contribution in [1.29, 1.82) is 0 Å². The minimum atomic E-state index is -0.508. The zero-order valence-electron chi connectivity index (χ0n) is 10.9. The van der Waals surface area contributed by atoms with E-state index in [0.29, 0.717) is 11.3 Å². The van der Waals surface area contributed by atoms with Gasteiger partial charge in [0.05, 0.1) is 24.3 Å². The maximum Gasteiger partial charge on any atom is 0.310 e. The third-order valence-corrected chi connectivity index (χ3v) is 2.70. The Hall–Kier alpha value is -2.70. The lowest BCUT2D eigenvalue weighted by atomic mass is 10.1. The van der Waals surface area contributed by atoms with Crippen LogP contribution in [-0.2, 0) is 16.0 Å². The molecule has 0 bridgehead atoms.